The van der Waals surface area contributed by atoms with Crippen molar-refractivity contribution in [2.24, 2.45) is 5.92 Å². The van der Waals surface area contributed by atoms with Crippen LogP contribution < -0.4 is 20.9 Å². The minimum absolute atomic E-state index is 0.0663. The molecule has 0 radical (unpaired) electrons. The predicted molar refractivity (Wildman–Crippen MR) is 141 cm³/mol. The Labute approximate surface area is 227 Å². The van der Waals surface area contributed by atoms with Gasteiger partial charge >= 0.3 is 12.2 Å². The van der Waals surface area contributed by atoms with Crippen molar-refractivity contribution in [2.75, 3.05) is 54.1 Å². The number of anilines is 4. The molecule has 214 valence electrons. The van der Waals surface area contributed by atoms with E-state index in [1.807, 2.05) is 6.92 Å². The van der Waals surface area contributed by atoms with Gasteiger partial charge in [0.25, 0.3) is 11.9 Å². The molecule has 3 heterocycles. The van der Waals surface area contributed by atoms with E-state index >= 15 is 0 Å². The summed E-state index contributed by atoms with van der Waals surface area (Å²) in [5, 5.41) is 7.83. The van der Waals surface area contributed by atoms with Crippen molar-refractivity contribution in [2.45, 2.75) is 25.9 Å². The van der Waals surface area contributed by atoms with Crippen LogP contribution in [0.25, 0.3) is 0 Å². The number of alkyl halides is 3. The SMILES string of the molecule is CC1CCCN(c2nc(C(F)(F)F)c(C(=O)Nc3ccc(NCCN(C)C(=O)Nc4ccccc4F)nc3)o2)C1. The lowest BCUT2D eigenvalue weighted by Gasteiger charge is -2.29. The van der Waals surface area contributed by atoms with Gasteiger partial charge in [-0.05, 0) is 43.0 Å². The highest BCUT2D eigenvalue weighted by molar-refractivity contribution is 6.03. The molecule has 3 N–H and O–H groups in total. The van der Waals surface area contributed by atoms with Gasteiger partial charge in [0, 0.05) is 33.2 Å². The molecule has 1 aliphatic heterocycles. The zero-order chi connectivity index (χ0) is 28.9. The molecule has 3 amide bonds. The number of amides is 3. The summed E-state index contributed by atoms with van der Waals surface area (Å²) >= 11 is 0. The number of likely N-dealkylation sites (N-methyl/N-ethyl adjacent to an activating group) is 1. The van der Waals surface area contributed by atoms with Crippen LogP contribution in [0.3, 0.4) is 0 Å². The molecule has 3 aromatic rings. The molecule has 0 spiro atoms. The maximum Gasteiger partial charge on any atom is 0.437 e. The van der Waals surface area contributed by atoms with Gasteiger partial charge in [0.15, 0.2) is 5.69 Å². The number of nitrogens with one attached hydrogen (secondary N) is 3. The molecule has 40 heavy (non-hydrogen) atoms. The third-order valence-electron chi connectivity index (χ3n) is 6.25. The number of carbonyl (C=O) groups excluding carboxylic acids is 2. The molecule has 1 fully saturated rings. The maximum atomic E-state index is 13.7. The zero-order valence-electron chi connectivity index (χ0n) is 21.9. The number of hydrogen-bond acceptors (Lipinski definition) is 7. The first-order chi connectivity index (χ1) is 19.0. The van der Waals surface area contributed by atoms with E-state index in [-0.39, 0.29) is 29.9 Å². The topological polar surface area (TPSA) is 116 Å². The van der Waals surface area contributed by atoms with Crippen molar-refractivity contribution < 1.29 is 31.6 Å². The molecule has 1 aromatic carbocycles. The van der Waals surface area contributed by atoms with Crippen LogP contribution in [0.4, 0.5) is 45.6 Å². The van der Waals surface area contributed by atoms with Gasteiger partial charge in [0.05, 0.1) is 17.6 Å². The number of pyridine rings is 1. The van der Waals surface area contributed by atoms with Gasteiger partial charge in [-0.15, -0.1) is 0 Å². The summed E-state index contributed by atoms with van der Waals surface area (Å²) in [4.78, 5) is 35.7. The van der Waals surface area contributed by atoms with E-state index in [2.05, 4.69) is 25.9 Å². The number of halogens is 4. The van der Waals surface area contributed by atoms with Gasteiger partial charge in [-0.3, -0.25) is 4.79 Å². The number of oxazole rings is 1. The monoisotopic (exact) mass is 563 g/mol. The molecule has 1 unspecified atom stereocenters. The normalized spacial score (nSPS) is 15.4. The first-order valence-electron chi connectivity index (χ1n) is 12.6. The minimum Gasteiger partial charge on any atom is -0.417 e. The summed E-state index contributed by atoms with van der Waals surface area (Å²) in [5.74, 6) is -1.89. The van der Waals surface area contributed by atoms with Gasteiger partial charge in [-0.2, -0.15) is 18.2 Å². The molecule has 1 aliphatic rings. The zero-order valence-corrected chi connectivity index (χ0v) is 21.9. The standard InChI is InChI=1S/C26H29F4N7O3/c1-16-6-5-12-37(15-16)25-35-22(26(28,29)30)21(40-25)23(38)33-17-9-10-20(32-14-17)31-11-13-36(2)24(39)34-19-8-4-3-7-18(19)27/h3-4,7-10,14,16H,5-6,11-13,15H2,1-2H3,(H,31,32)(H,33,38)(H,34,39). The Morgan fingerprint density at radius 1 is 1.18 bits per heavy atom. The van der Waals surface area contributed by atoms with E-state index < -0.39 is 35.4 Å². The number of para-hydroxylation sites is 1. The highest BCUT2D eigenvalue weighted by Gasteiger charge is 2.42. The Morgan fingerprint density at radius 3 is 2.62 bits per heavy atom. The molecule has 14 heteroatoms. The van der Waals surface area contributed by atoms with Crippen LogP contribution in [0.5, 0.6) is 0 Å². The van der Waals surface area contributed by atoms with Crippen molar-refractivity contribution >= 4 is 35.1 Å². The van der Waals surface area contributed by atoms with Crippen molar-refractivity contribution in [1.82, 2.24) is 14.9 Å². The highest BCUT2D eigenvalue weighted by Crippen LogP contribution is 2.35. The average molecular weight is 564 g/mol. The summed E-state index contributed by atoms with van der Waals surface area (Å²) in [6, 6.07) is 8.05. The number of carbonyl (C=O) groups is 2. The van der Waals surface area contributed by atoms with Crippen LogP contribution in [0.2, 0.25) is 0 Å². The molecular weight excluding hydrogens is 534 g/mol. The van der Waals surface area contributed by atoms with E-state index in [1.54, 1.807) is 18.0 Å². The number of hydrogen-bond donors (Lipinski definition) is 3. The van der Waals surface area contributed by atoms with Gasteiger partial charge in [0.1, 0.15) is 11.6 Å². The van der Waals surface area contributed by atoms with Crippen molar-refractivity contribution in [1.29, 1.82) is 0 Å². The second-order valence-electron chi connectivity index (χ2n) is 9.51. The Hall–Kier alpha value is -4.36. The van der Waals surface area contributed by atoms with Crippen LogP contribution in [0.15, 0.2) is 47.0 Å². The average Bonchev–Trinajstić information content (AvgIpc) is 3.38. The molecule has 2 aromatic heterocycles. The fraction of sp³-hybridized carbons (Fsp3) is 0.385. The van der Waals surface area contributed by atoms with E-state index in [1.165, 1.54) is 41.4 Å². The smallest absolute Gasteiger partial charge is 0.417 e. The van der Waals surface area contributed by atoms with E-state index in [4.69, 9.17) is 4.42 Å². The lowest BCUT2D eigenvalue weighted by Crippen LogP contribution is -2.35. The number of rotatable bonds is 8. The number of urea groups is 1. The fourth-order valence-corrected chi connectivity index (χ4v) is 4.14. The Kier molecular flexibility index (Phi) is 8.75. The summed E-state index contributed by atoms with van der Waals surface area (Å²) in [5.41, 5.74) is -1.17. The second-order valence-corrected chi connectivity index (χ2v) is 9.51. The quantitative estimate of drug-likeness (QED) is 0.319. The third-order valence-corrected chi connectivity index (χ3v) is 6.25. The molecule has 1 saturated heterocycles. The van der Waals surface area contributed by atoms with Crippen LogP contribution in [0, 0.1) is 11.7 Å². The predicted octanol–water partition coefficient (Wildman–Crippen LogP) is 5.29. The first kappa shape index (κ1) is 28.6. The van der Waals surface area contributed by atoms with Crippen molar-refractivity contribution in [3.63, 3.8) is 0 Å². The summed E-state index contributed by atoms with van der Waals surface area (Å²) in [7, 11) is 1.54. The number of nitrogens with zero attached hydrogens (tertiary/aromatic N) is 4. The van der Waals surface area contributed by atoms with Gasteiger partial charge in [-0.1, -0.05) is 19.1 Å². The first-order valence-corrected chi connectivity index (χ1v) is 12.6. The van der Waals surface area contributed by atoms with Crippen LogP contribution in [-0.4, -0.2) is 60.0 Å². The van der Waals surface area contributed by atoms with Crippen LogP contribution in [-0.2, 0) is 6.18 Å². The second kappa shape index (κ2) is 12.2. The lowest BCUT2D eigenvalue weighted by atomic mass is 10.0. The van der Waals surface area contributed by atoms with Crippen LogP contribution >= 0.6 is 0 Å². The fourth-order valence-electron chi connectivity index (χ4n) is 4.14. The molecule has 0 saturated carbocycles. The summed E-state index contributed by atoms with van der Waals surface area (Å²) in [6.45, 7) is 3.52. The summed E-state index contributed by atoms with van der Waals surface area (Å²) in [6.07, 6.45) is -1.86. The number of aromatic nitrogens is 2. The van der Waals surface area contributed by atoms with Crippen molar-refractivity contribution in [3.8, 4) is 0 Å². The Bertz CT molecular complexity index is 1330. The molecular formula is C26H29F4N7O3. The third kappa shape index (κ3) is 7.18. The molecule has 4 rings (SSSR count). The van der Waals surface area contributed by atoms with E-state index in [0.717, 1.165) is 12.8 Å². The molecule has 1 atom stereocenters. The van der Waals surface area contributed by atoms with Crippen molar-refractivity contribution in [3.05, 3.63) is 59.9 Å². The van der Waals surface area contributed by atoms with E-state index in [9.17, 15) is 27.2 Å². The largest absolute Gasteiger partial charge is 0.437 e. The Balaban J connectivity index is 1.32. The van der Waals surface area contributed by atoms with E-state index in [0.29, 0.717) is 25.5 Å². The molecule has 0 aliphatic carbocycles. The summed E-state index contributed by atoms with van der Waals surface area (Å²) < 4.78 is 59.9. The van der Waals surface area contributed by atoms with Gasteiger partial charge in [-0.25, -0.2) is 14.2 Å². The van der Waals surface area contributed by atoms with Gasteiger partial charge in [0.2, 0.25) is 5.76 Å². The van der Waals surface area contributed by atoms with Crippen LogP contribution in [0.1, 0.15) is 36.0 Å². The molecule has 10 nitrogen and oxygen atoms in total. The Morgan fingerprint density at radius 2 is 1.95 bits per heavy atom. The number of piperidine rings is 1. The lowest BCUT2D eigenvalue weighted by molar-refractivity contribution is -0.141. The highest BCUT2D eigenvalue weighted by atomic mass is 19.4. The van der Waals surface area contributed by atoms with Gasteiger partial charge < -0.3 is 30.2 Å². The minimum atomic E-state index is -4.87. The molecule has 0 bridgehead atoms. The maximum absolute atomic E-state index is 13.7. The number of benzene rings is 1.